The molecule has 2 aromatic rings. The van der Waals surface area contributed by atoms with Crippen molar-refractivity contribution in [1.29, 1.82) is 0 Å². The lowest BCUT2D eigenvalue weighted by Crippen LogP contribution is -2.04. The summed E-state index contributed by atoms with van der Waals surface area (Å²) in [4.78, 5) is 11.8. The second-order valence-corrected chi connectivity index (χ2v) is 3.69. The summed E-state index contributed by atoms with van der Waals surface area (Å²) in [6, 6.07) is 4.12. The summed E-state index contributed by atoms with van der Waals surface area (Å²) >= 11 is 1.10. The molecule has 0 bridgehead atoms. The van der Waals surface area contributed by atoms with Crippen molar-refractivity contribution >= 4 is 17.3 Å². The van der Waals surface area contributed by atoms with Crippen molar-refractivity contribution in [2.75, 3.05) is 0 Å². The van der Waals surface area contributed by atoms with Crippen LogP contribution in [-0.4, -0.2) is 15.4 Å². The van der Waals surface area contributed by atoms with Crippen molar-refractivity contribution in [1.82, 2.24) is 9.59 Å². The second-order valence-electron chi connectivity index (χ2n) is 3.08. The Bertz CT molecular complexity index is 496. The fourth-order valence-electron chi connectivity index (χ4n) is 1.24. The number of hydrogen-bond donors (Lipinski definition) is 0. The van der Waals surface area contributed by atoms with Crippen LogP contribution in [0.5, 0.6) is 0 Å². The topological polar surface area (TPSA) is 42.9 Å². The van der Waals surface area contributed by atoms with E-state index in [0.29, 0.717) is 5.56 Å². The molecule has 0 radical (unpaired) electrons. The highest BCUT2D eigenvalue weighted by molar-refractivity contribution is 7.03. The number of carbonyl (C=O) groups is 1. The zero-order valence-electron chi connectivity index (χ0n) is 7.90. The van der Waals surface area contributed by atoms with Crippen LogP contribution in [0.4, 0.5) is 4.39 Å². The smallest absolute Gasteiger partial charge is 0.214 e. The van der Waals surface area contributed by atoms with Gasteiger partial charge >= 0.3 is 0 Å². The van der Waals surface area contributed by atoms with Gasteiger partial charge in [-0.05, 0) is 36.2 Å². The Labute approximate surface area is 89.7 Å². The van der Waals surface area contributed by atoms with Crippen molar-refractivity contribution in [2.24, 2.45) is 0 Å². The lowest BCUT2D eigenvalue weighted by molar-refractivity contribution is 0.103. The Morgan fingerprint density at radius 3 is 2.93 bits per heavy atom. The molecule has 2 rings (SSSR count). The van der Waals surface area contributed by atoms with Crippen LogP contribution in [-0.2, 0) is 0 Å². The molecule has 1 aromatic carbocycles. The predicted molar refractivity (Wildman–Crippen MR) is 54.5 cm³/mol. The van der Waals surface area contributed by atoms with Crippen molar-refractivity contribution in [3.8, 4) is 0 Å². The van der Waals surface area contributed by atoms with Crippen LogP contribution in [0.15, 0.2) is 23.6 Å². The first kappa shape index (κ1) is 9.92. The molecular formula is C10H7FN2OS. The molecule has 3 nitrogen and oxygen atoms in total. The van der Waals surface area contributed by atoms with Crippen LogP contribution >= 0.6 is 11.5 Å². The summed E-state index contributed by atoms with van der Waals surface area (Å²) in [5.41, 5.74) is 1.32. The fraction of sp³-hybridized carbons (Fsp3) is 0.100. The zero-order valence-corrected chi connectivity index (χ0v) is 8.71. The molecule has 0 spiro atoms. The van der Waals surface area contributed by atoms with E-state index in [1.54, 1.807) is 18.4 Å². The zero-order chi connectivity index (χ0) is 10.8. The van der Waals surface area contributed by atoms with E-state index in [2.05, 4.69) is 9.59 Å². The normalized spacial score (nSPS) is 10.3. The van der Waals surface area contributed by atoms with Gasteiger partial charge in [0.25, 0.3) is 0 Å². The van der Waals surface area contributed by atoms with Gasteiger partial charge in [-0.3, -0.25) is 4.79 Å². The van der Waals surface area contributed by atoms with E-state index in [9.17, 15) is 9.18 Å². The van der Waals surface area contributed by atoms with E-state index >= 15 is 0 Å². The summed E-state index contributed by atoms with van der Waals surface area (Å²) in [5, 5.41) is 5.21. The number of rotatable bonds is 2. The molecule has 0 aliphatic heterocycles. The van der Waals surface area contributed by atoms with Crippen LogP contribution in [0.2, 0.25) is 0 Å². The molecular weight excluding hydrogens is 215 g/mol. The molecule has 0 N–H and O–H groups in total. The van der Waals surface area contributed by atoms with Gasteiger partial charge in [0.05, 0.1) is 0 Å². The first-order valence-electron chi connectivity index (χ1n) is 4.26. The minimum atomic E-state index is -0.424. The van der Waals surface area contributed by atoms with Crippen molar-refractivity contribution in [2.45, 2.75) is 6.92 Å². The molecule has 0 amide bonds. The molecule has 0 aliphatic rings. The van der Waals surface area contributed by atoms with E-state index in [4.69, 9.17) is 0 Å². The molecule has 15 heavy (non-hydrogen) atoms. The number of ketones is 1. The quantitative estimate of drug-likeness (QED) is 0.732. The lowest BCUT2D eigenvalue weighted by Gasteiger charge is -2.01. The van der Waals surface area contributed by atoms with E-state index < -0.39 is 5.82 Å². The largest absolute Gasteiger partial charge is 0.287 e. The third-order valence-electron chi connectivity index (χ3n) is 2.04. The van der Waals surface area contributed by atoms with Crippen LogP contribution in [0.1, 0.15) is 21.6 Å². The maximum absolute atomic E-state index is 13.0. The number of carbonyl (C=O) groups excluding carboxylic acids is 1. The Hall–Kier alpha value is -1.62. The van der Waals surface area contributed by atoms with E-state index in [1.165, 1.54) is 12.1 Å². The third-order valence-corrected chi connectivity index (χ3v) is 2.54. The highest BCUT2D eigenvalue weighted by Crippen LogP contribution is 2.14. The van der Waals surface area contributed by atoms with Crippen LogP contribution < -0.4 is 0 Å². The molecule has 0 aliphatic carbocycles. The van der Waals surface area contributed by atoms with Gasteiger partial charge in [0.2, 0.25) is 5.78 Å². The maximum atomic E-state index is 13.0. The lowest BCUT2D eigenvalue weighted by atomic mass is 10.0. The number of benzene rings is 1. The molecule has 0 saturated carbocycles. The number of aryl methyl sites for hydroxylation is 1. The van der Waals surface area contributed by atoms with Crippen molar-refractivity contribution in [3.05, 3.63) is 46.2 Å². The average Bonchev–Trinajstić information content (AvgIpc) is 2.74. The third kappa shape index (κ3) is 1.92. The van der Waals surface area contributed by atoms with Gasteiger partial charge in [0, 0.05) is 10.9 Å². The SMILES string of the molecule is Cc1ccc(F)cc1C(=O)c1csnn1. The molecule has 1 heterocycles. The summed E-state index contributed by atoms with van der Waals surface area (Å²) in [7, 11) is 0. The molecule has 5 heteroatoms. The highest BCUT2D eigenvalue weighted by atomic mass is 32.1. The minimum absolute atomic E-state index is 0.258. The van der Waals surface area contributed by atoms with Gasteiger partial charge < -0.3 is 0 Å². The number of halogens is 1. The standard InChI is InChI=1S/C10H7FN2OS/c1-6-2-3-7(11)4-8(6)10(14)9-5-15-13-12-9/h2-5H,1H3. The first-order chi connectivity index (χ1) is 7.18. The average molecular weight is 222 g/mol. The van der Waals surface area contributed by atoms with E-state index in [1.807, 2.05) is 0 Å². The summed E-state index contributed by atoms with van der Waals surface area (Å²) < 4.78 is 16.6. The van der Waals surface area contributed by atoms with E-state index in [-0.39, 0.29) is 11.5 Å². The minimum Gasteiger partial charge on any atom is -0.287 e. The Morgan fingerprint density at radius 1 is 1.47 bits per heavy atom. The van der Waals surface area contributed by atoms with E-state index in [0.717, 1.165) is 17.1 Å². The maximum Gasteiger partial charge on any atom is 0.214 e. The summed E-state index contributed by atoms with van der Waals surface area (Å²) in [6.07, 6.45) is 0. The number of aromatic nitrogens is 2. The first-order valence-corrected chi connectivity index (χ1v) is 5.10. The second kappa shape index (κ2) is 3.86. The van der Waals surface area contributed by atoms with Gasteiger partial charge in [-0.2, -0.15) is 0 Å². The van der Waals surface area contributed by atoms with Gasteiger partial charge in [0.1, 0.15) is 11.5 Å². The Balaban J connectivity index is 2.46. The number of nitrogens with zero attached hydrogens (tertiary/aromatic N) is 2. The molecule has 76 valence electrons. The van der Waals surface area contributed by atoms with Gasteiger partial charge in [0.15, 0.2) is 0 Å². The Kier molecular flexibility index (Phi) is 2.55. The highest BCUT2D eigenvalue weighted by Gasteiger charge is 2.14. The fourth-order valence-corrected chi connectivity index (χ4v) is 1.68. The molecule has 0 atom stereocenters. The van der Waals surface area contributed by atoms with Crippen LogP contribution in [0, 0.1) is 12.7 Å². The predicted octanol–water partition coefficient (Wildman–Crippen LogP) is 2.22. The Morgan fingerprint density at radius 2 is 2.27 bits per heavy atom. The van der Waals surface area contributed by atoms with Crippen molar-refractivity contribution < 1.29 is 9.18 Å². The molecule has 0 saturated heterocycles. The van der Waals surface area contributed by atoms with Crippen LogP contribution in [0.25, 0.3) is 0 Å². The van der Waals surface area contributed by atoms with Gasteiger partial charge in [-0.15, -0.1) is 5.10 Å². The monoisotopic (exact) mass is 222 g/mol. The summed E-state index contributed by atoms with van der Waals surface area (Å²) in [6.45, 7) is 1.76. The van der Waals surface area contributed by atoms with Crippen LogP contribution in [0.3, 0.4) is 0 Å². The molecule has 0 unspecified atom stereocenters. The molecule has 1 aromatic heterocycles. The summed E-state index contributed by atoms with van der Waals surface area (Å²) in [5.74, 6) is -0.715. The number of hydrogen-bond acceptors (Lipinski definition) is 4. The van der Waals surface area contributed by atoms with Gasteiger partial charge in [-0.1, -0.05) is 10.6 Å². The van der Waals surface area contributed by atoms with Crippen molar-refractivity contribution in [3.63, 3.8) is 0 Å². The van der Waals surface area contributed by atoms with Gasteiger partial charge in [-0.25, -0.2) is 4.39 Å². The molecule has 0 fully saturated rings.